The van der Waals surface area contributed by atoms with Crippen molar-refractivity contribution in [3.8, 4) is 11.4 Å². The molecule has 0 radical (unpaired) electrons. The van der Waals surface area contributed by atoms with Gasteiger partial charge in [0, 0.05) is 34.9 Å². The fraction of sp³-hybridized carbons (Fsp3) is 0.0667. The Hall–Kier alpha value is -2.58. The molecule has 0 fully saturated rings. The molecule has 0 unspecified atom stereocenters. The Balaban J connectivity index is 1.44. The van der Waals surface area contributed by atoms with Crippen LogP contribution in [0, 0.1) is 0 Å². The first-order chi connectivity index (χ1) is 11.3. The largest absolute Gasteiger partial charge is 0.300 e. The smallest absolute Gasteiger partial charge is 0.232 e. The van der Waals surface area contributed by atoms with Gasteiger partial charge in [0.15, 0.2) is 10.8 Å². The second-order valence-electron chi connectivity index (χ2n) is 4.84. The number of hydrogen-bond acceptors (Lipinski definition) is 6. The molecule has 0 bridgehead atoms. The molecule has 114 valence electrons. The maximum Gasteiger partial charge on any atom is 0.232 e. The van der Waals surface area contributed by atoms with Crippen molar-refractivity contribution in [1.82, 2.24) is 18.7 Å². The monoisotopic (exact) mass is 341 g/mol. The summed E-state index contributed by atoms with van der Waals surface area (Å²) in [5.74, 6) is 0.472. The summed E-state index contributed by atoms with van der Waals surface area (Å²) >= 11 is 2.71. The zero-order chi connectivity index (χ0) is 15.6. The fourth-order valence-corrected chi connectivity index (χ4v) is 3.49. The normalized spacial score (nSPS) is 11.0. The van der Waals surface area contributed by atoms with E-state index in [0.29, 0.717) is 11.0 Å². The number of nitrogens with zero attached hydrogens (tertiary/aromatic N) is 4. The number of aromatic nitrogens is 4. The number of rotatable bonds is 4. The second kappa shape index (κ2) is 5.90. The molecule has 3 aromatic heterocycles. The Morgan fingerprint density at radius 2 is 2.09 bits per heavy atom. The third-order valence-electron chi connectivity index (χ3n) is 3.19. The Labute approximate surface area is 139 Å². The van der Waals surface area contributed by atoms with Crippen LogP contribution < -0.4 is 5.32 Å². The van der Waals surface area contributed by atoms with Crippen molar-refractivity contribution in [1.29, 1.82) is 0 Å². The van der Waals surface area contributed by atoms with Gasteiger partial charge in [-0.05, 0) is 0 Å². The van der Waals surface area contributed by atoms with Crippen LogP contribution in [0.1, 0.15) is 5.69 Å². The van der Waals surface area contributed by atoms with Gasteiger partial charge in [-0.3, -0.25) is 9.20 Å². The maximum atomic E-state index is 12.1. The number of amides is 1. The number of imidazole rings is 1. The molecular formula is C15H11N5OS2. The van der Waals surface area contributed by atoms with Crippen LogP contribution in [-0.4, -0.2) is 24.6 Å². The first kappa shape index (κ1) is 14.0. The number of nitrogens with one attached hydrogen (secondary N) is 1. The number of carbonyl (C=O) groups excluding carboxylic acids is 1. The standard InChI is InChI=1S/C15H11N5OS2/c21-12(8-11-9-20-6-7-22-15(20)16-11)17-14-18-13(19-23-14)10-4-2-1-3-5-10/h1-7,9H,8H2,(H,17,18,19,21). The number of fused-ring (bicyclic) bond motifs is 1. The lowest BCUT2D eigenvalue weighted by Crippen LogP contribution is -2.14. The van der Waals surface area contributed by atoms with Crippen LogP contribution in [0.3, 0.4) is 0 Å². The minimum atomic E-state index is -0.147. The summed E-state index contributed by atoms with van der Waals surface area (Å²) < 4.78 is 6.18. The molecule has 6 nitrogen and oxygen atoms in total. The number of thiazole rings is 1. The summed E-state index contributed by atoms with van der Waals surface area (Å²) in [5, 5.41) is 5.23. The highest BCUT2D eigenvalue weighted by molar-refractivity contribution is 7.15. The zero-order valence-electron chi connectivity index (χ0n) is 11.8. The first-order valence-electron chi connectivity index (χ1n) is 6.88. The van der Waals surface area contributed by atoms with Gasteiger partial charge in [-0.2, -0.15) is 9.36 Å². The van der Waals surface area contributed by atoms with Crippen molar-refractivity contribution in [3.05, 3.63) is 53.8 Å². The average Bonchev–Trinajstić information content (AvgIpc) is 3.24. The molecule has 0 spiro atoms. The average molecular weight is 341 g/mol. The van der Waals surface area contributed by atoms with E-state index in [1.165, 1.54) is 11.5 Å². The van der Waals surface area contributed by atoms with Crippen LogP contribution in [0.25, 0.3) is 16.3 Å². The summed E-state index contributed by atoms with van der Waals surface area (Å²) in [7, 11) is 0. The first-order valence-corrected chi connectivity index (χ1v) is 8.53. The highest BCUT2D eigenvalue weighted by Gasteiger charge is 2.12. The van der Waals surface area contributed by atoms with Gasteiger partial charge in [0.05, 0.1) is 12.1 Å². The molecule has 4 aromatic rings. The highest BCUT2D eigenvalue weighted by atomic mass is 32.1. The van der Waals surface area contributed by atoms with E-state index in [-0.39, 0.29) is 12.3 Å². The number of hydrogen-bond donors (Lipinski definition) is 1. The Bertz CT molecular complexity index is 928. The van der Waals surface area contributed by atoms with Gasteiger partial charge >= 0.3 is 0 Å². The molecular weight excluding hydrogens is 330 g/mol. The molecule has 0 aliphatic carbocycles. The maximum absolute atomic E-state index is 12.1. The summed E-state index contributed by atoms with van der Waals surface area (Å²) in [6.45, 7) is 0. The van der Waals surface area contributed by atoms with Crippen molar-refractivity contribution in [2.75, 3.05) is 5.32 Å². The third kappa shape index (κ3) is 2.99. The van der Waals surface area contributed by atoms with Crippen molar-refractivity contribution in [2.45, 2.75) is 6.42 Å². The molecule has 1 aromatic carbocycles. The zero-order valence-corrected chi connectivity index (χ0v) is 13.5. The lowest BCUT2D eigenvalue weighted by molar-refractivity contribution is -0.115. The quantitative estimate of drug-likeness (QED) is 0.619. The predicted octanol–water partition coefficient (Wildman–Crippen LogP) is 3.10. The number of anilines is 1. The Morgan fingerprint density at radius 3 is 2.91 bits per heavy atom. The second-order valence-corrected chi connectivity index (χ2v) is 6.46. The van der Waals surface area contributed by atoms with Gasteiger partial charge < -0.3 is 5.32 Å². The molecule has 0 saturated carbocycles. The van der Waals surface area contributed by atoms with E-state index in [4.69, 9.17) is 0 Å². The lowest BCUT2D eigenvalue weighted by atomic mass is 10.2. The molecule has 1 amide bonds. The molecule has 0 saturated heterocycles. The summed E-state index contributed by atoms with van der Waals surface area (Å²) in [6, 6.07) is 9.67. The van der Waals surface area contributed by atoms with Crippen molar-refractivity contribution < 1.29 is 4.79 Å². The van der Waals surface area contributed by atoms with E-state index in [1.54, 1.807) is 11.3 Å². The van der Waals surface area contributed by atoms with E-state index in [9.17, 15) is 4.79 Å². The summed E-state index contributed by atoms with van der Waals surface area (Å²) in [5.41, 5.74) is 1.67. The van der Waals surface area contributed by atoms with Crippen molar-refractivity contribution in [3.63, 3.8) is 0 Å². The van der Waals surface area contributed by atoms with Crippen molar-refractivity contribution >= 4 is 38.9 Å². The molecule has 8 heteroatoms. The topological polar surface area (TPSA) is 72.2 Å². The van der Waals surface area contributed by atoms with Gasteiger partial charge in [0.25, 0.3) is 0 Å². The molecule has 3 heterocycles. The van der Waals surface area contributed by atoms with Gasteiger partial charge in [0.1, 0.15) is 0 Å². The fourth-order valence-electron chi connectivity index (χ4n) is 2.17. The van der Waals surface area contributed by atoms with E-state index in [0.717, 1.165) is 16.2 Å². The van der Waals surface area contributed by atoms with Gasteiger partial charge in [-0.15, -0.1) is 11.3 Å². The van der Waals surface area contributed by atoms with E-state index < -0.39 is 0 Å². The summed E-state index contributed by atoms with van der Waals surface area (Å²) in [6.07, 6.45) is 4.00. The van der Waals surface area contributed by atoms with Crippen molar-refractivity contribution in [2.24, 2.45) is 0 Å². The minimum Gasteiger partial charge on any atom is -0.300 e. The Kier molecular flexibility index (Phi) is 3.60. The predicted molar refractivity (Wildman–Crippen MR) is 90.7 cm³/mol. The number of benzene rings is 1. The molecule has 4 rings (SSSR count). The van der Waals surface area contributed by atoms with Crippen LogP contribution in [-0.2, 0) is 11.2 Å². The minimum absolute atomic E-state index is 0.147. The molecule has 0 aliphatic rings. The Morgan fingerprint density at radius 1 is 1.22 bits per heavy atom. The van der Waals surface area contributed by atoms with Crippen LogP contribution >= 0.6 is 22.9 Å². The van der Waals surface area contributed by atoms with Crippen LogP contribution in [0.4, 0.5) is 5.13 Å². The van der Waals surface area contributed by atoms with Gasteiger partial charge in [-0.25, -0.2) is 4.98 Å². The lowest BCUT2D eigenvalue weighted by Gasteiger charge is -1.98. The van der Waals surface area contributed by atoms with Gasteiger partial charge in [-0.1, -0.05) is 30.3 Å². The molecule has 0 atom stereocenters. The molecule has 23 heavy (non-hydrogen) atoms. The van der Waals surface area contributed by atoms with E-state index >= 15 is 0 Å². The SMILES string of the molecule is O=C(Cc1cn2ccsc2n1)Nc1nc(-c2ccccc2)ns1. The van der Waals surface area contributed by atoms with E-state index in [1.807, 2.05) is 52.5 Å². The van der Waals surface area contributed by atoms with Crippen LogP contribution in [0.2, 0.25) is 0 Å². The number of carbonyl (C=O) groups is 1. The van der Waals surface area contributed by atoms with Crippen LogP contribution in [0.15, 0.2) is 48.1 Å². The molecule has 0 aliphatic heterocycles. The molecule has 1 N–H and O–H groups in total. The van der Waals surface area contributed by atoms with Crippen LogP contribution in [0.5, 0.6) is 0 Å². The van der Waals surface area contributed by atoms with E-state index in [2.05, 4.69) is 19.7 Å². The summed E-state index contributed by atoms with van der Waals surface area (Å²) in [4.78, 5) is 21.7. The third-order valence-corrected chi connectivity index (χ3v) is 4.59. The highest BCUT2D eigenvalue weighted by Crippen LogP contribution is 2.21. The van der Waals surface area contributed by atoms with Gasteiger partial charge in [0.2, 0.25) is 11.0 Å².